The second-order valence-electron chi connectivity index (χ2n) is 6.80. The number of rotatable bonds is 4. The first kappa shape index (κ1) is 16.7. The van der Waals surface area contributed by atoms with Gasteiger partial charge in [0.2, 0.25) is 0 Å². The zero-order valence-electron chi connectivity index (χ0n) is 14.7. The fourth-order valence-corrected chi connectivity index (χ4v) is 3.56. The summed E-state index contributed by atoms with van der Waals surface area (Å²) in [4.78, 5) is 0. The summed E-state index contributed by atoms with van der Waals surface area (Å²) in [6, 6.07) is 17.7. The van der Waals surface area contributed by atoms with E-state index in [1.54, 1.807) is 10.6 Å². The van der Waals surface area contributed by atoms with Crippen LogP contribution in [0.3, 0.4) is 0 Å². The van der Waals surface area contributed by atoms with Gasteiger partial charge in [0.05, 0.1) is 19.2 Å². The maximum Gasteiger partial charge on any atom is 0.124 e. The number of pyridine rings is 1. The van der Waals surface area contributed by atoms with E-state index in [1.165, 1.54) is 5.56 Å². The third-order valence-corrected chi connectivity index (χ3v) is 4.79. The average molecular weight is 341 g/mol. The highest BCUT2D eigenvalue weighted by Crippen LogP contribution is 2.29. The molecule has 4 nitrogen and oxygen atoms in total. The van der Waals surface area contributed by atoms with Gasteiger partial charge in [-0.15, -0.1) is 0 Å². The Morgan fingerprint density at radius 1 is 1.00 bits per heavy atom. The molecule has 0 aliphatic rings. The lowest BCUT2D eigenvalue weighted by atomic mass is 9.94. The van der Waals surface area contributed by atoms with Crippen molar-refractivity contribution in [1.82, 2.24) is 9.13 Å². The lowest BCUT2D eigenvalue weighted by molar-refractivity contribution is 0.135. The van der Waals surface area contributed by atoms with Gasteiger partial charge in [-0.3, -0.25) is 5.41 Å². The van der Waals surface area contributed by atoms with Gasteiger partial charge < -0.3 is 14.2 Å². The molecule has 2 radical (unpaired) electrons. The van der Waals surface area contributed by atoms with Crippen LogP contribution >= 0.6 is 0 Å². The third kappa shape index (κ3) is 2.95. The van der Waals surface area contributed by atoms with Crippen LogP contribution in [0.25, 0.3) is 21.8 Å². The van der Waals surface area contributed by atoms with Gasteiger partial charge in [0.25, 0.3) is 0 Å². The van der Waals surface area contributed by atoms with Gasteiger partial charge in [0, 0.05) is 28.0 Å². The van der Waals surface area contributed by atoms with Crippen molar-refractivity contribution in [2.24, 2.45) is 0 Å². The number of hydrogen-bond acceptors (Lipinski definition) is 2. The summed E-state index contributed by atoms with van der Waals surface area (Å²) in [6.45, 7) is 2.90. The smallest absolute Gasteiger partial charge is 0.124 e. The van der Waals surface area contributed by atoms with Crippen LogP contribution in [0.1, 0.15) is 5.56 Å². The Labute approximate surface area is 153 Å². The van der Waals surface area contributed by atoms with E-state index < -0.39 is 6.10 Å². The van der Waals surface area contributed by atoms with Crippen LogP contribution in [0.2, 0.25) is 0 Å². The minimum absolute atomic E-state index is 0.377. The molecule has 5 heteroatoms. The van der Waals surface area contributed by atoms with Crippen molar-refractivity contribution in [2.45, 2.75) is 26.1 Å². The van der Waals surface area contributed by atoms with Crippen LogP contribution in [0, 0.1) is 12.3 Å². The van der Waals surface area contributed by atoms with Crippen molar-refractivity contribution in [2.75, 3.05) is 0 Å². The Hall–Kier alpha value is -2.79. The van der Waals surface area contributed by atoms with Crippen LogP contribution in [0.4, 0.5) is 0 Å². The normalized spacial score (nSPS) is 12.7. The summed E-state index contributed by atoms with van der Waals surface area (Å²) in [5.41, 5.74) is 4.45. The Morgan fingerprint density at radius 2 is 1.73 bits per heavy atom. The van der Waals surface area contributed by atoms with Crippen molar-refractivity contribution in [1.29, 1.82) is 5.41 Å². The minimum Gasteiger partial charge on any atom is -0.389 e. The molecular weight excluding hydrogens is 321 g/mol. The van der Waals surface area contributed by atoms with Gasteiger partial charge >= 0.3 is 0 Å². The lowest BCUT2D eigenvalue weighted by Crippen LogP contribution is -2.28. The van der Waals surface area contributed by atoms with E-state index in [9.17, 15) is 5.11 Å². The third-order valence-electron chi connectivity index (χ3n) is 4.79. The molecule has 0 bridgehead atoms. The van der Waals surface area contributed by atoms with Gasteiger partial charge in [0.1, 0.15) is 13.3 Å². The van der Waals surface area contributed by atoms with Crippen molar-refractivity contribution in [3.8, 4) is 0 Å². The Morgan fingerprint density at radius 3 is 2.50 bits per heavy atom. The number of aryl methyl sites for hydroxylation is 1. The summed E-state index contributed by atoms with van der Waals surface area (Å²) >= 11 is 0. The predicted molar refractivity (Wildman–Crippen MR) is 106 cm³/mol. The summed E-state index contributed by atoms with van der Waals surface area (Å²) in [7, 11) is 6.00. The van der Waals surface area contributed by atoms with Crippen molar-refractivity contribution in [3.05, 3.63) is 71.8 Å². The van der Waals surface area contributed by atoms with E-state index in [0.29, 0.717) is 18.6 Å². The molecule has 128 valence electrons. The van der Waals surface area contributed by atoms with Crippen LogP contribution in [0.15, 0.2) is 60.8 Å². The molecule has 1 unspecified atom stereocenters. The number of aliphatic hydroxyl groups is 1. The molecule has 0 spiro atoms. The number of nitrogens with zero attached hydrogens (tertiary/aromatic N) is 2. The van der Waals surface area contributed by atoms with Crippen molar-refractivity contribution >= 4 is 35.1 Å². The number of nitrogens with one attached hydrogen (secondary N) is 1. The zero-order chi connectivity index (χ0) is 18.3. The summed E-state index contributed by atoms with van der Waals surface area (Å²) in [5, 5.41) is 20.9. The first-order chi connectivity index (χ1) is 12.5. The lowest BCUT2D eigenvalue weighted by Gasteiger charge is -2.16. The number of aliphatic hydroxyl groups excluding tert-OH is 1. The highest BCUT2D eigenvalue weighted by atomic mass is 16.3. The van der Waals surface area contributed by atoms with E-state index in [4.69, 9.17) is 13.3 Å². The largest absolute Gasteiger partial charge is 0.389 e. The minimum atomic E-state index is -0.607. The van der Waals surface area contributed by atoms with Gasteiger partial charge in [-0.1, -0.05) is 35.3 Å². The molecule has 26 heavy (non-hydrogen) atoms. The van der Waals surface area contributed by atoms with E-state index in [0.717, 1.165) is 27.3 Å². The summed E-state index contributed by atoms with van der Waals surface area (Å²) < 4.78 is 3.89. The molecular formula is C21H20BN3O. The first-order valence-corrected chi connectivity index (χ1v) is 8.69. The first-order valence-electron chi connectivity index (χ1n) is 8.69. The molecule has 2 aromatic carbocycles. The highest BCUT2D eigenvalue weighted by Gasteiger charge is 2.14. The molecule has 0 saturated heterocycles. The Kier molecular flexibility index (Phi) is 4.17. The predicted octanol–water partition coefficient (Wildman–Crippen LogP) is 2.24. The monoisotopic (exact) mass is 341 g/mol. The van der Waals surface area contributed by atoms with Gasteiger partial charge in [0.15, 0.2) is 0 Å². The molecule has 4 aromatic rings. The maximum atomic E-state index is 10.7. The molecule has 0 amide bonds. The van der Waals surface area contributed by atoms with Crippen molar-refractivity contribution in [3.63, 3.8) is 0 Å². The van der Waals surface area contributed by atoms with E-state index in [1.807, 2.05) is 36.5 Å². The van der Waals surface area contributed by atoms with Crippen LogP contribution in [-0.4, -0.2) is 28.2 Å². The standard InChI is InChI=1S/C21H20BN3O/c1-14-5-7-19-17(10-14)18-11-15(22)6-8-20(18)25(19)13-16(26)12-24-9-3-2-4-21(24)23/h2-11,16,23,26H,12-13H2,1H3. The molecule has 2 heterocycles. The molecule has 0 aliphatic carbocycles. The molecule has 0 aliphatic heterocycles. The topological polar surface area (TPSA) is 53.9 Å². The number of benzene rings is 2. The van der Waals surface area contributed by atoms with Crippen LogP contribution in [0.5, 0.6) is 0 Å². The molecule has 0 saturated carbocycles. The number of hydrogen-bond donors (Lipinski definition) is 2. The Bertz CT molecular complexity index is 1100. The quantitative estimate of drug-likeness (QED) is 0.550. The van der Waals surface area contributed by atoms with Crippen LogP contribution < -0.4 is 11.0 Å². The Balaban J connectivity index is 1.77. The molecule has 2 N–H and O–H groups in total. The maximum absolute atomic E-state index is 10.7. The summed E-state index contributed by atoms with van der Waals surface area (Å²) in [6.07, 6.45) is 1.21. The second kappa shape index (κ2) is 6.50. The molecule has 2 aromatic heterocycles. The molecule has 1 atom stereocenters. The SMILES string of the molecule is [B]c1ccc2c(c1)c1cc(C)ccc1n2CC(O)Cn1ccccc1=N. The van der Waals surface area contributed by atoms with E-state index in [-0.39, 0.29) is 0 Å². The van der Waals surface area contributed by atoms with Gasteiger partial charge in [-0.05, 0) is 37.3 Å². The zero-order valence-corrected chi connectivity index (χ0v) is 14.7. The summed E-state index contributed by atoms with van der Waals surface area (Å²) in [5.74, 6) is 0. The fraction of sp³-hybridized carbons (Fsp3) is 0.190. The molecule has 0 fully saturated rings. The molecule has 4 rings (SSSR count). The van der Waals surface area contributed by atoms with Crippen molar-refractivity contribution < 1.29 is 5.11 Å². The second-order valence-corrected chi connectivity index (χ2v) is 6.80. The van der Waals surface area contributed by atoms with E-state index >= 15 is 0 Å². The van der Waals surface area contributed by atoms with Crippen LogP contribution in [-0.2, 0) is 13.1 Å². The number of aromatic nitrogens is 2. The van der Waals surface area contributed by atoms with E-state index in [2.05, 4.69) is 29.7 Å². The highest BCUT2D eigenvalue weighted by molar-refractivity contribution is 6.33. The number of fused-ring (bicyclic) bond motifs is 3. The van der Waals surface area contributed by atoms with Gasteiger partial charge in [-0.25, -0.2) is 0 Å². The van der Waals surface area contributed by atoms with Gasteiger partial charge in [-0.2, -0.15) is 0 Å². The average Bonchev–Trinajstić information content (AvgIpc) is 2.89. The fourth-order valence-electron chi connectivity index (χ4n) is 3.56.